The normalized spacial score (nSPS) is 16.1. The van der Waals surface area contributed by atoms with E-state index in [1.807, 2.05) is 20.8 Å². The van der Waals surface area contributed by atoms with Crippen LogP contribution in [0, 0.1) is 10.1 Å². The van der Waals surface area contributed by atoms with Crippen molar-refractivity contribution < 1.29 is 19.2 Å². The van der Waals surface area contributed by atoms with Gasteiger partial charge in [-0.1, -0.05) is 6.92 Å². The lowest BCUT2D eigenvalue weighted by Gasteiger charge is -2.42. The van der Waals surface area contributed by atoms with E-state index in [0.29, 0.717) is 12.6 Å². The van der Waals surface area contributed by atoms with Gasteiger partial charge in [0, 0.05) is 56.6 Å². The zero-order valence-electron chi connectivity index (χ0n) is 20.5. The van der Waals surface area contributed by atoms with Crippen LogP contribution in [-0.2, 0) is 4.74 Å². The first-order valence-corrected chi connectivity index (χ1v) is 11.2. The van der Waals surface area contributed by atoms with Crippen molar-refractivity contribution in [1.29, 1.82) is 0 Å². The highest BCUT2D eigenvalue weighted by molar-refractivity contribution is 5.67. The lowest BCUT2D eigenvalue weighted by atomic mass is 10.0. The fourth-order valence-corrected chi connectivity index (χ4v) is 4.31. The molecule has 0 radical (unpaired) electrons. The molecule has 0 bridgehead atoms. The van der Waals surface area contributed by atoms with Gasteiger partial charge in [-0.2, -0.15) is 0 Å². The first kappa shape index (κ1) is 25.7. The van der Waals surface area contributed by atoms with Crippen molar-refractivity contribution in [1.82, 2.24) is 9.80 Å². The highest BCUT2D eigenvalue weighted by atomic mass is 16.6. The van der Waals surface area contributed by atoms with Crippen LogP contribution in [0.3, 0.4) is 0 Å². The number of nitro benzene ring substituents is 1. The molecule has 1 fully saturated rings. The number of benzene rings is 1. The van der Waals surface area contributed by atoms with E-state index in [1.165, 1.54) is 13.2 Å². The first-order chi connectivity index (χ1) is 15.0. The van der Waals surface area contributed by atoms with Gasteiger partial charge >= 0.3 is 11.8 Å². The molecule has 0 N–H and O–H groups in total. The maximum absolute atomic E-state index is 12.3. The second-order valence-electron chi connectivity index (χ2n) is 9.37. The molecule has 0 aliphatic carbocycles. The maximum atomic E-state index is 12.3. The van der Waals surface area contributed by atoms with Crippen LogP contribution < -0.4 is 9.64 Å². The molecule has 9 heteroatoms. The molecule has 32 heavy (non-hydrogen) atoms. The van der Waals surface area contributed by atoms with E-state index >= 15 is 0 Å². The van der Waals surface area contributed by atoms with Crippen LogP contribution in [0.15, 0.2) is 18.2 Å². The number of methoxy groups -OCH3 is 1. The summed E-state index contributed by atoms with van der Waals surface area (Å²) in [6, 6.07) is 5.66. The van der Waals surface area contributed by atoms with Gasteiger partial charge in [0.2, 0.25) is 0 Å². The fourth-order valence-electron chi connectivity index (χ4n) is 4.31. The Hall–Kier alpha value is -2.55. The van der Waals surface area contributed by atoms with Crippen molar-refractivity contribution in [2.24, 2.45) is 0 Å². The monoisotopic (exact) mass is 450 g/mol. The number of piperidine rings is 1. The Bertz CT molecular complexity index is 787. The summed E-state index contributed by atoms with van der Waals surface area (Å²) >= 11 is 0. The molecule has 9 nitrogen and oxygen atoms in total. The number of rotatable bonds is 8. The van der Waals surface area contributed by atoms with Crippen LogP contribution >= 0.6 is 0 Å². The Morgan fingerprint density at radius 1 is 1.31 bits per heavy atom. The average Bonchev–Trinajstić information content (AvgIpc) is 2.72. The van der Waals surface area contributed by atoms with Crippen LogP contribution in [0.5, 0.6) is 5.75 Å². The fraction of sp³-hybridized carbons (Fsp3) is 0.696. The largest absolute Gasteiger partial charge is 0.490 e. The number of hydrogen-bond acceptors (Lipinski definition) is 7. The molecule has 1 amide bonds. The van der Waals surface area contributed by atoms with E-state index in [-0.39, 0.29) is 23.6 Å². The molecule has 1 atom stereocenters. The van der Waals surface area contributed by atoms with Gasteiger partial charge in [-0.3, -0.25) is 15.0 Å². The second-order valence-corrected chi connectivity index (χ2v) is 9.37. The Balaban J connectivity index is 1.97. The molecule has 0 spiro atoms. The van der Waals surface area contributed by atoms with Gasteiger partial charge in [-0.15, -0.1) is 0 Å². The quantitative estimate of drug-likeness (QED) is 0.434. The lowest BCUT2D eigenvalue weighted by Crippen LogP contribution is -2.51. The SMILES string of the molecule is CCN(C(C)CN(C)C(=O)OC(C)(C)C)C1CCN(c2ccc([N+](=O)[O-])c(OC)c2)CC1. The third-order valence-electron chi connectivity index (χ3n) is 5.83. The molecule has 1 aromatic carbocycles. The standard InChI is InChI=1S/C23H38N4O5/c1-8-26(17(2)16-24(6)22(28)32-23(3,4)5)18-11-13-25(14-12-18)19-9-10-20(27(29)30)21(15-19)31-7/h9-10,15,17-18H,8,11-14,16H2,1-7H3. The number of nitrogens with zero attached hydrogens (tertiary/aromatic N) is 4. The summed E-state index contributed by atoms with van der Waals surface area (Å²) in [4.78, 5) is 29.4. The Morgan fingerprint density at radius 3 is 2.44 bits per heavy atom. The second kappa shape index (κ2) is 10.8. The topological polar surface area (TPSA) is 88.4 Å². The van der Waals surface area contributed by atoms with Gasteiger partial charge in [-0.05, 0) is 53.1 Å². The third kappa shape index (κ3) is 6.72. The predicted molar refractivity (Wildman–Crippen MR) is 126 cm³/mol. The minimum Gasteiger partial charge on any atom is -0.490 e. The summed E-state index contributed by atoms with van der Waals surface area (Å²) in [5, 5.41) is 11.1. The molecule has 1 saturated heterocycles. The van der Waals surface area contributed by atoms with Crippen molar-refractivity contribution in [3.05, 3.63) is 28.3 Å². The van der Waals surface area contributed by atoms with Gasteiger partial charge < -0.3 is 19.3 Å². The molecular formula is C23H38N4O5. The summed E-state index contributed by atoms with van der Waals surface area (Å²) in [7, 11) is 3.23. The number of nitro groups is 1. The van der Waals surface area contributed by atoms with Gasteiger partial charge in [0.15, 0.2) is 5.75 Å². The maximum Gasteiger partial charge on any atom is 0.410 e. The highest BCUT2D eigenvalue weighted by Gasteiger charge is 2.29. The smallest absolute Gasteiger partial charge is 0.410 e. The van der Waals surface area contributed by atoms with Crippen LogP contribution in [0.1, 0.15) is 47.5 Å². The number of hydrogen-bond donors (Lipinski definition) is 0. The van der Waals surface area contributed by atoms with Gasteiger partial charge in [0.05, 0.1) is 12.0 Å². The zero-order chi connectivity index (χ0) is 24.1. The highest BCUT2D eigenvalue weighted by Crippen LogP contribution is 2.33. The van der Waals surface area contributed by atoms with E-state index < -0.39 is 10.5 Å². The minimum absolute atomic E-state index is 0.0220. The van der Waals surface area contributed by atoms with Crippen molar-refractivity contribution in [3.8, 4) is 5.75 Å². The molecule has 2 rings (SSSR count). The molecule has 0 aromatic heterocycles. The molecule has 1 aliphatic rings. The molecule has 1 heterocycles. The lowest BCUT2D eigenvalue weighted by molar-refractivity contribution is -0.385. The van der Waals surface area contributed by atoms with E-state index in [4.69, 9.17) is 9.47 Å². The van der Waals surface area contributed by atoms with Crippen molar-refractivity contribution in [2.45, 2.75) is 65.1 Å². The predicted octanol–water partition coefficient (Wildman–Crippen LogP) is 4.15. The van der Waals surface area contributed by atoms with Gasteiger partial charge in [0.1, 0.15) is 5.60 Å². The van der Waals surface area contributed by atoms with Gasteiger partial charge in [-0.25, -0.2) is 4.79 Å². The van der Waals surface area contributed by atoms with E-state index in [9.17, 15) is 14.9 Å². The average molecular weight is 451 g/mol. The van der Waals surface area contributed by atoms with Crippen molar-refractivity contribution in [2.75, 3.05) is 45.2 Å². The molecular weight excluding hydrogens is 412 g/mol. The third-order valence-corrected chi connectivity index (χ3v) is 5.83. The number of ether oxygens (including phenoxy) is 2. The van der Waals surface area contributed by atoms with Crippen LogP contribution in [0.25, 0.3) is 0 Å². The minimum atomic E-state index is -0.508. The summed E-state index contributed by atoms with van der Waals surface area (Å²) in [5.41, 5.74) is 0.407. The summed E-state index contributed by atoms with van der Waals surface area (Å²) in [6.45, 7) is 13.1. The number of carbonyl (C=O) groups is 1. The van der Waals surface area contributed by atoms with E-state index in [0.717, 1.165) is 38.2 Å². The Labute approximate surface area is 191 Å². The van der Waals surface area contributed by atoms with Crippen molar-refractivity contribution in [3.63, 3.8) is 0 Å². The van der Waals surface area contributed by atoms with Crippen LogP contribution in [0.4, 0.5) is 16.2 Å². The summed E-state index contributed by atoms with van der Waals surface area (Å²) < 4.78 is 10.7. The number of anilines is 1. The van der Waals surface area contributed by atoms with E-state index in [2.05, 4.69) is 23.6 Å². The molecule has 1 aliphatic heterocycles. The number of amides is 1. The van der Waals surface area contributed by atoms with Crippen LogP contribution in [-0.4, -0.2) is 78.8 Å². The molecule has 0 saturated carbocycles. The van der Waals surface area contributed by atoms with Crippen molar-refractivity contribution >= 4 is 17.5 Å². The molecule has 1 aromatic rings. The Morgan fingerprint density at radius 2 is 1.94 bits per heavy atom. The summed E-state index contributed by atoms with van der Waals surface area (Å²) in [6.07, 6.45) is 1.66. The first-order valence-electron chi connectivity index (χ1n) is 11.2. The Kier molecular flexibility index (Phi) is 8.72. The number of likely N-dealkylation sites (N-methyl/N-ethyl adjacent to an activating group) is 2. The molecule has 180 valence electrons. The summed E-state index contributed by atoms with van der Waals surface area (Å²) in [5.74, 6) is 0.281. The zero-order valence-corrected chi connectivity index (χ0v) is 20.5. The van der Waals surface area contributed by atoms with Crippen LogP contribution in [0.2, 0.25) is 0 Å². The van der Waals surface area contributed by atoms with Gasteiger partial charge in [0.25, 0.3) is 0 Å². The van der Waals surface area contributed by atoms with E-state index in [1.54, 1.807) is 24.1 Å². The number of carbonyl (C=O) groups excluding carboxylic acids is 1. The molecule has 1 unspecified atom stereocenters.